The minimum absolute atomic E-state index is 0.0768. The van der Waals surface area contributed by atoms with E-state index in [1.165, 1.54) is 33.9 Å². The number of aromatic nitrogens is 1. The number of azo groups is 1. The van der Waals surface area contributed by atoms with Crippen LogP contribution in [0.4, 0.5) is 16.5 Å². The number of rotatable bonds is 3. The summed E-state index contributed by atoms with van der Waals surface area (Å²) in [6.07, 6.45) is 2.89. The lowest BCUT2D eigenvalue weighted by molar-refractivity contribution is 0.395. The normalized spacial score (nSPS) is 18.8. The third-order valence-electron chi connectivity index (χ3n) is 8.18. The molecule has 8 nitrogen and oxygen atoms in total. The molecule has 44 heavy (non-hydrogen) atoms. The fourth-order valence-corrected chi connectivity index (χ4v) is 7.99. The lowest BCUT2D eigenvalue weighted by Gasteiger charge is -2.45. The van der Waals surface area contributed by atoms with Crippen LogP contribution in [0.1, 0.15) is 54.7 Å². The number of nitrogens with zero attached hydrogens (tertiary/aromatic N) is 8. The van der Waals surface area contributed by atoms with Gasteiger partial charge in [-0.05, 0) is 78.8 Å². The molecule has 0 amide bonds. The smallest absolute Gasteiger partial charge is 0.270 e. The first-order valence-electron chi connectivity index (χ1n) is 13.8. The molecule has 1 aliphatic heterocycles. The van der Waals surface area contributed by atoms with E-state index in [4.69, 9.17) is 6.57 Å². The van der Waals surface area contributed by atoms with Gasteiger partial charge in [0.1, 0.15) is 22.5 Å². The van der Waals surface area contributed by atoms with Crippen LogP contribution in [0.25, 0.3) is 31.6 Å². The standard InChI is InChI=1S/C34H24N8S2/c1-19-15-34(2,3)42(5)28-11-10-21(12-25(19)28)40-41-33-39-32-29(44-33)14-22(43-32)13-26-30(20(16-35)17-36)23-8-6-7-9-24(23)31(26)27(18-37)38-4/h6-14,19H,15H2,1-3,5H3/b26-13+,31-27+,41-40?. The average Bonchev–Trinajstić information content (AvgIpc) is 3.67. The van der Waals surface area contributed by atoms with Crippen LogP contribution in [0.15, 0.2) is 75.6 Å². The van der Waals surface area contributed by atoms with Crippen molar-refractivity contribution in [2.24, 2.45) is 10.2 Å². The van der Waals surface area contributed by atoms with Crippen molar-refractivity contribution in [2.45, 2.75) is 38.6 Å². The number of anilines is 1. The summed E-state index contributed by atoms with van der Waals surface area (Å²) in [6.45, 7) is 14.4. The largest absolute Gasteiger partial charge is 0.369 e. The second-order valence-electron chi connectivity index (χ2n) is 11.3. The van der Waals surface area contributed by atoms with Crippen molar-refractivity contribution in [1.82, 2.24) is 4.98 Å². The lowest BCUT2D eigenvalue weighted by atomic mass is 9.80. The van der Waals surface area contributed by atoms with Gasteiger partial charge in [-0.3, -0.25) is 0 Å². The Balaban J connectivity index is 1.36. The minimum atomic E-state index is -0.0972. The van der Waals surface area contributed by atoms with Crippen LogP contribution in [0.5, 0.6) is 0 Å². The van der Waals surface area contributed by atoms with Crippen LogP contribution in [0.2, 0.25) is 0 Å². The van der Waals surface area contributed by atoms with Gasteiger partial charge in [-0.2, -0.15) is 10.5 Å². The quantitative estimate of drug-likeness (QED) is 0.130. The highest BCUT2D eigenvalue weighted by Crippen LogP contribution is 2.50. The predicted molar refractivity (Wildman–Crippen MR) is 175 cm³/mol. The van der Waals surface area contributed by atoms with E-state index in [9.17, 15) is 15.8 Å². The predicted octanol–water partition coefficient (Wildman–Crippen LogP) is 9.55. The molecule has 0 saturated carbocycles. The zero-order valence-corrected chi connectivity index (χ0v) is 26.0. The van der Waals surface area contributed by atoms with E-state index >= 15 is 0 Å². The highest BCUT2D eigenvalue weighted by molar-refractivity contribution is 7.29. The molecule has 0 saturated heterocycles. The monoisotopic (exact) mass is 608 g/mol. The third kappa shape index (κ3) is 4.77. The molecule has 1 aliphatic carbocycles. The summed E-state index contributed by atoms with van der Waals surface area (Å²) >= 11 is 2.84. The van der Waals surface area contributed by atoms with E-state index in [1.54, 1.807) is 18.2 Å². The maximum Gasteiger partial charge on any atom is 0.270 e. The van der Waals surface area contributed by atoms with Gasteiger partial charge in [0, 0.05) is 34.3 Å². The van der Waals surface area contributed by atoms with E-state index in [0.717, 1.165) is 26.5 Å². The molecule has 1 unspecified atom stereocenters. The number of thiophene rings is 1. The fraction of sp³-hybridized carbons (Fsp3) is 0.206. The second-order valence-corrected chi connectivity index (χ2v) is 13.3. The SMILES string of the molecule is [C-]#[N+]/C(C#N)=C1/C(=C/c2cc3sc(N=Nc4ccc5c(c4)C(C)CC(C)(C)N5C)nc3s2)C(=C(C#N)C#N)c2ccccc21. The summed E-state index contributed by atoms with van der Waals surface area (Å²) in [6, 6.07) is 21.4. The zero-order chi connectivity index (χ0) is 31.2. The Morgan fingerprint density at radius 2 is 1.77 bits per heavy atom. The Bertz CT molecular complexity index is 2030. The zero-order valence-electron chi connectivity index (χ0n) is 24.4. The summed E-state index contributed by atoms with van der Waals surface area (Å²) in [5.41, 5.74) is 5.84. The van der Waals surface area contributed by atoms with Crippen LogP contribution in [0, 0.1) is 40.6 Å². The first-order chi connectivity index (χ1) is 21.2. The van der Waals surface area contributed by atoms with Crippen LogP contribution in [-0.2, 0) is 0 Å². The van der Waals surface area contributed by atoms with Crippen molar-refractivity contribution in [1.29, 1.82) is 15.8 Å². The van der Waals surface area contributed by atoms with Gasteiger partial charge in [-0.15, -0.1) is 21.6 Å². The first-order valence-corrected chi connectivity index (χ1v) is 15.4. The second kappa shape index (κ2) is 11.0. The van der Waals surface area contributed by atoms with E-state index < -0.39 is 0 Å². The van der Waals surface area contributed by atoms with Crippen LogP contribution >= 0.6 is 22.7 Å². The summed E-state index contributed by atoms with van der Waals surface area (Å²) in [5, 5.41) is 38.7. The van der Waals surface area contributed by atoms with Gasteiger partial charge in [0.05, 0.1) is 23.0 Å². The first kappa shape index (κ1) is 28.7. The van der Waals surface area contributed by atoms with Gasteiger partial charge in [0.15, 0.2) is 0 Å². The molecule has 2 aromatic carbocycles. The third-order valence-corrected chi connectivity index (χ3v) is 10.2. The van der Waals surface area contributed by atoms with Crippen molar-refractivity contribution in [3.05, 3.63) is 98.4 Å². The van der Waals surface area contributed by atoms with E-state index in [1.807, 2.05) is 42.5 Å². The van der Waals surface area contributed by atoms with Gasteiger partial charge in [0.2, 0.25) is 5.13 Å². The summed E-state index contributed by atoms with van der Waals surface area (Å²) < 4.78 is 0.914. The van der Waals surface area contributed by atoms with Crippen molar-refractivity contribution in [2.75, 3.05) is 11.9 Å². The summed E-state index contributed by atoms with van der Waals surface area (Å²) in [5.74, 6) is 0.416. The number of benzene rings is 2. The van der Waals surface area contributed by atoms with E-state index in [-0.39, 0.29) is 16.8 Å². The molecular formula is C34H24N8S2. The average molecular weight is 609 g/mol. The molecule has 0 fully saturated rings. The van der Waals surface area contributed by atoms with Crippen molar-refractivity contribution < 1.29 is 0 Å². The van der Waals surface area contributed by atoms with E-state index in [0.29, 0.717) is 38.9 Å². The minimum Gasteiger partial charge on any atom is -0.369 e. The molecule has 0 spiro atoms. The summed E-state index contributed by atoms with van der Waals surface area (Å²) in [7, 11) is 2.14. The molecule has 4 aromatic rings. The number of hydrogen-bond acceptors (Lipinski definition) is 9. The molecule has 0 N–H and O–H groups in total. The molecule has 2 aliphatic rings. The van der Waals surface area contributed by atoms with Gasteiger partial charge >= 0.3 is 0 Å². The molecular weight excluding hydrogens is 585 g/mol. The van der Waals surface area contributed by atoms with Crippen LogP contribution < -0.4 is 4.90 Å². The maximum absolute atomic E-state index is 9.76. The molecule has 6 rings (SSSR count). The van der Waals surface area contributed by atoms with Crippen molar-refractivity contribution >= 4 is 65.9 Å². The Morgan fingerprint density at radius 1 is 1.05 bits per heavy atom. The number of thiazole rings is 1. The fourth-order valence-electron chi connectivity index (χ4n) is 6.00. The Hall–Kier alpha value is -5.39. The van der Waals surface area contributed by atoms with Gasteiger partial charge in [-0.25, -0.2) is 15.1 Å². The maximum atomic E-state index is 9.76. The molecule has 212 valence electrons. The molecule has 0 bridgehead atoms. The van der Waals surface area contributed by atoms with Crippen LogP contribution in [-0.4, -0.2) is 17.6 Å². The number of nitriles is 3. The Morgan fingerprint density at radius 3 is 2.43 bits per heavy atom. The highest BCUT2D eigenvalue weighted by atomic mass is 32.1. The van der Waals surface area contributed by atoms with E-state index in [2.05, 4.69) is 64.9 Å². The van der Waals surface area contributed by atoms with Crippen molar-refractivity contribution in [3.8, 4) is 18.2 Å². The molecule has 1 atom stereocenters. The lowest BCUT2D eigenvalue weighted by Crippen LogP contribution is -2.45. The molecule has 10 heteroatoms. The molecule has 3 heterocycles. The molecule has 2 aromatic heterocycles. The summed E-state index contributed by atoms with van der Waals surface area (Å²) in [4.78, 5) is 12.1. The Kier molecular flexibility index (Phi) is 7.20. The van der Waals surface area contributed by atoms with Gasteiger partial charge < -0.3 is 4.90 Å². The van der Waals surface area contributed by atoms with Gasteiger partial charge in [0.25, 0.3) is 5.70 Å². The van der Waals surface area contributed by atoms with Crippen LogP contribution in [0.3, 0.4) is 0 Å². The number of hydrogen-bond donors (Lipinski definition) is 0. The number of fused-ring (bicyclic) bond motifs is 3. The van der Waals surface area contributed by atoms with Gasteiger partial charge in [-0.1, -0.05) is 42.5 Å². The Labute approximate surface area is 263 Å². The molecule has 0 radical (unpaired) electrons. The van der Waals surface area contributed by atoms with Crippen molar-refractivity contribution in [3.63, 3.8) is 0 Å². The highest BCUT2D eigenvalue weighted by Gasteiger charge is 2.34. The number of allylic oxidation sites excluding steroid dienone is 5. The topological polar surface area (TPSA) is 117 Å².